The summed E-state index contributed by atoms with van der Waals surface area (Å²) in [6.45, 7) is 4.49. The first kappa shape index (κ1) is 27.9. The first-order valence-electron chi connectivity index (χ1n) is 9.77. The summed E-state index contributed by atoms with van der Waals surface area (Å²) in [6.07, 6.45) is 18.0. The van der Waals surface area contributed by atoms with Gasteiger partial charge in [0, 0.05) is 19.5 Å². The molecule has 2 N–H and O–H groups in total. The maximum atomic E-state index is 9.97. The molecule has 2 nitrogen and oxygen atoms in total. The van der Waals surface area contributed by atoms with Gasteiger partial charge in [0.2, 0.25) is 0 Å². The minimum atomic E-state index is -2.94. The SMILES string of the molecule is CCCCCCCCCS(CCCCCCCCC)=P(O)(O)S.[Zn]. The minimum Gasteiger partial charge on any atom is -0.341 e. The maximum Gasteiger partial charge on any atom is 0.198 e. The molecular formula is C18H41O2PS2Zn. The van der Waals surface area contributed by atoms with Crippen LogP contribution in [-0.2, 0) is 29.6 Å². The Bertz CT molecular complexity index is 294. The van der Waals surface area contributed by atoms with E-state index in [0.29, 0.717) is 0 Å². The van der Waals surface area contributed by atoms with E-state index >= 15 is 0 Å². The van der Waals surface area contributed by atoms with Crippen LogP contribution in [-0.4, -0.2) is 21.3 Å². The quantitative estimate of drug-likeness (QED) is 0.106. The Kier molecular flexibility index (Phi) is 22.6. The molecule has 0 saturated heterocycles. The third-order valence-corrected chi connectivity index (χ3v) is 11.8. The van der Waals surface area contributed by atoms with Gasteiger partial charge in [-0.25, -0.2) is 0 Å². The number of unbranched alkanes of at least 4 members (excludes halogenated alkanes) is 12. The third-order valence-electron chi connectivity index (χ3n) is 4.31. The molecule has 0 atom stereocenters. The van der Waals surface area contributed by atoms with Crippen molar-refractivity contribution in [3.63, 3.8) is 0 Å². The monoisotopic (exact) mass is 448 g/mol. The van der Waals surface area contributed by atoms with Crippen molar-refractivity contribution in [2.75, 3.05) is 11.5 Å². The maximum absolute atomic E-state index is 9.97. The summed E-state index contributed by atoms with van der Waals surface area (Å²) in [5, 5.41) is 0. The van der Waals surface area contributed by atoms with E-state index < -0.39 is 5.69 Å². The molecule has 0 spiro atoms. The van der Waals surface area contributed by atoms with Crippen LogP contribution in [0.3, 0.4) is 0 Å². The number of hydrogen-bond donors (Lipinski definition) is 3. The van der Waals surface area contributed by atoms with Crippen molar-refractivity contribution in [2.45, 2.75) is 104 Å². The molecule has 6 heteroatoms. The van der Waals surface area contributed by atoms with Crippen LogP contribution in [0.2, 0.25) is 0 Å². The topological polar surface area (TPSA) is 40.5 Å². The average Bonchev–Trinajstić information content (AvgIpc) is 2.50. The van der Waals surface area contributed by atoms with E-state index in [0.717, 1.165) is 24.3 Å². The van der Waals surface area contributed by atoms with Crippen molar-refractivity contribution in [3.8, 4) is 0 Å². The Labute approximate surface area is 172 Å². The van der Waals surface area contributed by atoms with Gasteiger partial charge < -0.3 is 9.79 Å². The van der Waals surface area contributed by atoms with Gasteiger partial charge in [0.25, 0.3) is 0 Å². The molecule has 0 radical (unpaired) electrons. The van der Waals surface area contributed by atoms with Crippen LogP contribution < -0.4 is 0 Å². The van der Waals surface area contributed by atoms with Gasteiger partial charge in [-0.3, -0.25) is 0 Å². The van der Waals surface area contributed by atoms with Gasteiger partial charge in [-0.1, -0.05) is 103 Å². The standard InChI is InChI=1S/C18H41O2PS2.Zn/c1-3-5-7-9-11-13-15-17-23(21(19,20)22)18-16-14-12-10-8-6-4-2;/h19-20,22H,3-18H2,1-2H3;. The van der Waals surface area contributed by atoms with Crippen LogP contribution >= 0.6 is 17.9 Å². The van der Waals surface area contributed by atoms with Crippen molar-refractivity contribution in [3.05, 3.63) is 0 Å². The van der Waals surface area contributed by atoms with Gasteiger partial charge in [0.05, 0.1) is 0 Å². The van der Waals surface area contributed by atoms with Crippen molar-refractivity contribution < 1.29 is 29.3 Å². The molecule has 0 aromatic rings. The van der Waals surface area contributed by atoms with Crippen molar-refractivity contribution in [2.24, 2.45) is 0 Å². The van der Waals surface area contributed by atoms with Gasteiger partial charge in [0.1, 0.15) is 0 Å². The second-order valence-corrected chi connectivity index (χ2v) is 15.0. The molecule has 144 valence electrons. The van der Waals surface area contributed by atoms with E-state index in [1.54, 1.807) is 0 Å². The molecule has 0 aromatic carbocycles. The Morgan fingerprint density at radius 3 is 1.21 bits per heavy atom. The molecule has 24 heavy (non-hydrogen) atoms. The predicted molar refractivity (Wildman–Crippen MR) is 113 cm³/mol. The summed E-state index contributed by atoms with van der Waals surface area (Å²) in [7, 11) is -0.273. The predicted octanol–water partition coefficient (Wildman–Crippen LogP) is 6.70. The van der Waals surface area contributed by atoms with Crippen LogP contribution in [0, 0.1) is 0 Å². The molecule has 0 unspecified atom stereocenters. The molecule has 0 heterocycles. The van der Waals surface area contributed by atoms with Gasteiger partial charge >= 0.3 is 0 Å². The molecule has 0 aliphatic carbocycles. The molecule has 0 bridgehead atoms. The zero-order valence-electron chi connectivity index (χ0n) is 16.2. The smallest absolute Gasteiger partial charge is 0.198 e. The second-order valence-electron chi connectivity index (χ2n) is 6.63. The van der Waals surface area contributed by atoms with E-state index in [-0.39, 0.29) is 29.6 Å². The van der Waals surface area contributed by atoms with Gasteiger partial charge in [-0.2, -0.15) is 0 Å². The zero-order valence-corrected chi connectivity index (χ0v) is 21.8. The normalized spacial score (nSPS) is 11.8. The Balaban J connectivity index is 0. The van der Waals surface area contributed by atoms with Crippen LogP contribution in [0.25, 0.3) is 0 Å². The molecule has 0 fully saturated rings. The summed E-state index contributed by atoms with van der Waals surface area (Å²) in [6, 6.07) is 0. The fourth-order valence-corrected chi connectivity index (χ4v) is 8.28. The summed E-state index contributed by atoms with van der Waals surface area (Å²) in [5.74, 6) is 1.93. The van der Waals surface area contributed by atoms with Gasteiger partial charge in [-0.05, 0) is 24.3 Å². The van der Waals surface area contributed by atoms with E-state index in [2.05, 4.69) is 26.1 Å². The molecule has 0 aromatic heterocycles. The fourth-order valence-electron chi connectivity index (χ4n) is 2.80. The van der Waals surface area contributed by atoms with E-state index in [9.17, 15) is 9.79 Å². The Morgan fingerprint density at radius 1 is 0.625 bits per heavy atom. The molecule has 0 saturated carbocycles. The summed E-state index contributed by atoms with van der Waals surface area (Å²) >= 11 is 4.13. The molecular weight excluding hydrogens is 409 g/mol. The summed E-state index contributed by atoms with van der Waals surface area (Å²) < 4.78 is 0. The van der Waals surface area contributed by atoms with Gasteiger partial charge in [0.15, 0.2) is 5.69 Å². The fraction of sp³-hybridized carbons (Fsp3) is 1.00. The van der Waals surface area contributed by atoms with E-state index in [1.807, 2.05) is 0 Å². The molecule has 0 rings (SSSR count). The van der Waals surface area contributed by atoms with Crippen molar-refractivity contribution in [1.82, 2.24) is 0 Å². The van der Waals surface area contributed by atoms with Crippen LogP contribution in [0.1, 0.15) is 104 Å². The summed E-state index contributed by atoms with van der Waals surface area (Å²) in [5.41, 5.74) is -2.94. The number of hydrogen-bond acceptors (Lipinski definition) is 0. The Hall–Kier alpha value is 1.67. The van der Waals surface area contributed by atoms with Crippen molar-refractivity contribution >= 4 is 28.0 Å². The zero-order chi connectivity index (χ0) is 17.4. The molecule has 0 aliphatic rings. The van der Waals surface area contributed by atoms with Crippen LogP contribution in [0.4, 0.5) is 0 Å². The van der Waals surface area contributed by atoms with Gasteiger partial charge in [-0.15, -0.1) is 10.1 Å². The minimum absolute atomic E-state index is 0. The largest absolute Gasteiger partial charge is 0.341 e. The Morgan fingerprint density at radius 2 is 0.917 bits per heavy atom. The van der Waals surface area contributed by atoms with Crippen LogP contribution in [0.5, 0.6) is 0 Å². The molecule has 0 amide bonds. The second kappa shape index (κ2) is 19.4. The summed E-state index contributed by atoms with van der Waals surface area (Å²) in [4.78, 5) is 19.9. The third kappa shape index (κ3) is 18.5. The molecule has 0 aliphatic heterocycles. The number of rotatable bonds is 16. The van der Waals surface area contributed by atoms with E-state index in [4.69, 9.17) is 0 Å². The first-order valence-corrected chi connectivity index (χ1v) is 14.8. The number of thiol groups is 1. The first-order chi connectivity index (χ1) is 11.0. The van der Waals surface area contributed by atoms with Crippen LogP contribution in [0.15, 0.2) is 0 Å². The average molecular weight is 450 g/mol. The van der Waals surface area contributed by atoms with Crippen molar-refractivity contribution in [1.29, 1.82) is 0 Å². The van der Waals surface area contributed by atoms with E-state index in [1.165, 1.54) is 77.0 Å².